The highest BCUT2D eigenvalue weighted by Crippen LogP contribution is 2.38. The molecule has 2 bridgehead atoms. The third-order valence-electron chi connectivity index (χ3n) is 8.23. The molecule has 3 atom stereocenters. The molecule has 9 heteroatoms. The standard InChI is InChI=1S/C30H30N4O5/c35-24-11-9-20(10-12-24)14-30(27(37)31-29(39)34(28(30)38)16-21-5-2-1-3-6-21)19-32-15-22-13-23(18-32)25-7-4-8-26(36)33(25)17-22/h1-12,22-23,35H,13-19H2,(H,31,37,39)/t22-,23-,30-/m0/s1. The maximum atomic E-state index is 14.2. The van der Waals surface area contributed by atoms with Crippen molar-refractivity contribution < 1.29 is 19.5 Å². The lowest BCUT2D eigenvalue weighted by Crippen LogP contribution is -2.67. The Kier molecular flexibility index (Phi) is 6.31. The summed E-state index contributed by atoms with van der Waals surface area (Å²) >= 11 is 0. The monoisotopic (exact) mass is 526 g/mol. The number of rotatable bonds is 6. The van der Waals surface area contributed by atoms with Gasteiger partial charge < -0.3 is 14.6 Å². The van der Waals surface area contributed by atoms with Gasteiger partial charge in [0, 0.05) is 43.9 Å². The van der Waals surface area contributed by atoms with Gasteiger partial charge in [0.25, 0.3) is 5.56 Å². The Labute approximate surface area is 225 Å². The Morgan fingerprint density at radius 1 is 0.846 bits per heavy atom. The largest absolute Gasteiger partial charge is 0.508 e. The van der Waals surface area contributed by atoms with Crippen molar-refractivity contribution in [3.63, 3.8) is 0 Å². The summed E-state index contributed by atoms with van der Waals surface area (Å²) in [5.74, 6) is -0.722. The van der Waals surface area contributed by atoms with Gasteiger partial charge in [0.05, 0.1) is 6.54 Å². The molecule has 0 radical (unpaired) electrons. The van der Waals surface area contributed by atoms with Gasteiger partial charge in [-0.15, -0.1) is 0 Å². The molecule has 3 aromatic rings. The second-order valence-corrected chi connectivity index (χ2v) is 11.0. The molecule has 200 valence electrons. The zero-order valence-corrected chi connectivity index (χ0v) is 21.5. The molecule has 0 saturated carbocycles. The van der Waals surface area contributed by atoms with Gasteiger partial charge in [-0.2, -0.15) is 0 Å². The maximum Gasteiger partial charge on any atom is 0.331 e. The van der Waals surface area contributed by atoms with Crippen LogP contribution < -0.4 is 10.9 Å². The average Bonchev–Trinajstić information content (AvgIpc) is 2.92. The Bertz CT molecular complexity index is 1490. The number of nitrogens with zero attached hydrogens (tertiary/aromatic N) is 3. The number of urea groups is 1. The highest BCUT2D eigenvalue weighted by Gasteiger charge is 2.55. The lowest BCUT2D eigenvalue weighted by Gasteiger charge is -2.47. The van der Waals surface area contributed by atoms with Gasteiger partial charge in [-0.05, 0) is 48.1 Å². The highest BCUT2D eigenvalue weighted by atomic mass is 16.3. The quantitative estimate of drug-likeness (QED) is 0.478. The summed E-state index contributed by atoms with van der Waals surface area (Å²) in [6, 6.07) is 20.3. The number of aromatic hydroxyl groups is 1. The average molecular weight is 527 g/mol. The van der Waals surface area contributed by atoms with Crippen LogP contribution in [0.25, 0.3) is 0 Å². The minimum atomic E-state index is -1.54. The molecule has 6 rings (SSSR count). The van der Waals surface area contributed by atoms with E-state index in [1.165, 1.54) is 12.1 Å². The number of aromatic nitrogens is 1. The summed E-state index contributed by atoms with van der Waals surface area (Å²) in [4.78, 5) is 56.6. The molecular weight excluding hydrogens is 496 g/mol. The molecule has 0 aliphatic carbocycles. The summed E-state index contributed by atoms with van der Waals surface area (Å²) in [5.41, 5.74) is 0.928. The molecule has 2 saturated heterocycles. The van der Waals surface area contributed by atoms with Crippen molar-refractivity contribution in [1.82, 2.24) is 19.7 Å². The number of barbiturate groups is 1. The number of imide groups is 2. The molecular formula is C30H30N4O5. The van der Waals surface area contributed by atoms with Crippen molar-refractivity contribution in [1.29, 1.82) is 0 Å². The molecule has 4 heterocycles. The first kappa shape index (κ1) is 25.1. The van der Waals surface area contributed by atoms with Crippen LogP contribution in [-0.2, 0) is 29.1 Å². The number of hydrogen-bond donors (Lipinski definition) is 2. The first-order valence-electron chi connectivity index (χ1n) is 13.2. The number of piperidine rings is 1. The van der Waals surface area contributed by atoms with Gasteiger partial charge in [-0.25, -0.2) is 4.79 Å². The van der Waals surface area contributed by atoms with Gasteiger partial charge >= 0.3 is 6.03 Å². The van der Waals surface area contributed by atoms with Crippen LogP contribution in [0.3, 0.4) is 0 Å². The molecule has 2 fully saturated rings. The van der Waals surface area contributed by atoms with E-state index in [0.29, 0.717) is 25.2 Å². The van der Waals surface area contributed by atoms with Crippen molar-refractivity contribution in [2.24, 2.45) is 11.3 Å². The fourth-order valence-electron chi connectivity index (χ4n) is 6.46. The number of carbonyl (C=O) groups is 3. The van der Waals surface area contributed by atoms with Crippen molar-refractivity contribution >= 4 is 17.8 Å². The number of pyridine rings is 1. The number of likely N-dealkylation sites (tertiary alicyclic amines) is 1. The predicted molar refractivity (Wildman–Crippen MR) is 143 cm³/mol. The first-order chi connectivity index (χ1) is 18.8. The lowest BCUT2D eigenvalue weighted by molar-refractivity contribution is -0.154. The van der Waals surface area contributed by atoms with Crippen molar-refractivity contribution in [3.05, 3.63) is 100.0 Å². The van der Waals surface area contributed by atoms with Crippen LogP contribution in [0.2, 0.25) is 0 Å². The Morgan fingerprint density at radius 3 is 2.38 bits per heavy atom. The van der Waals surface area contributed by atoms with Gasteiger partial charge in [0.1, 0.15) is 11.2 Å². The second-order valence-electron chi connectivity index (χ2n) is 11.0. The van der Waals surface area contributed by atoms with E-state index in [4.69, 9.17) is 0 Å². The lowest BCUT2D eigenvalue weighted by atomic mass is 9.75. The number of nitrogens with one attached hydrogen (secondary N) is 1. The summed E-state index contributed by atoms with van der Waals surface area (Å²) < 4.78 is 1.85. The van der Waals surface area contributed by atoms with E-state index in [1.54, 1.807) is 24.3 Å². The fraction of sp³-hybridized carbons (Fsp3) is 0.333. The molecule has 0 unspecified atom stereocenters. The number of hydrogen-bond acceptors (Lipinski definition) is 6. The second kappa shape index (κ2) is 9.81. The molecule has 4 amide bonds. The van der Waals surface area contributed by atoms with Crippen LogP contribution >= 0.6 is 0 Å². The topological polar surface area (TPSA) is 112 Å². The summed E-state index contributed by atoms with van der Waals surface area (Å²) in [6.45, 7) is 2.04. The summed E-state index contributed by atoms with van der Waals surface area (Å²) in [7, 11) is 0. The highest BCUT2D eigenvalue weighted by molar-refractivity contribution is 6.19. The number of phenolic OH excluding ortho intramolecular Hbond substituents is 1. The SMILES string of the molecule is O=C1NC(=O)[C@](Cc2ccc(O)cc2)(CN2C[C@@H]3C[C@@H](C2)c2cccc(=O)n2C3)C(=O)N1Cc1ccccc1. The van der Waals surface area contributed by atoms with Crippen LogP contribution in [-0.4, -0.2) is 57.0 Å². The maximum absolute atomic E-state index is 14.2. The van der Waals surface area contributed by atoms with Crippen molar-refractivity contribution in [2.75, 3.05) is 19.6 Å². The van der Waals surface area contributed by atoms with E-state index in [9.17, 15) is 24.3 Å². The van der Waals surface area contributed by atoms with Crippen molar-refractivity contribution in [2.45, 2.75) is 31.8 Å². The van der Waals surface area contributed by atoms with Gasteiger partial charge in [0.2, 0.25) is 11.8 Å². The van der Waals surface area contributed by atoms with E-state index in [-0.39, 0.29) is 42.7 Å². The zero-order chi connectivity index (χ0) is 27.1. The van der Waals surface area contributed by atoms with Crippen LogP contribution in [0.4, 0.5) is 4.79 Å². The Morgan fingerprint density at radius 2 is 1.62 bits per heavy atom. The normalized spacial score (nSPS) is 24.8. The minimum absolute atomic E-state index is 0.00338. The van der Waals surface area contributed by atoms with Crippen LogP contribution in [0, 0.1) is 11.3 Å². The number of amides is 4. The number of benzene rings is 2. The molecule has 0 spiro atoms. The Balaban J connectivity index is 1.35. The van der Waals surface area contributed by atoms with Crippen LogP contribution in [0.1, 0.15) is 29.2 Å². The summed E-state index contributed by atoms with van der Waals surface area (Å²) in [6.07, 6.45) is 1.03. The number of phenols is 1. The van der Waals surface area contributed by atoms with E-state index in [2.05, 4.69) is 10.2 Å². The number of carbonyl (C=O) groups excluding carboxylic acids is 3. The van der Waals surface area contributed by atoms with E-state index >= 15 is 0 Å². The first-order valence-corrected chi connectivity index (χ1v) is 13.2. The minimum Gasteiger partial charge on any atom is -0.508 e. The van der Waals surface area contributed by atoms with Gasteiger partial charge in [0.15, 0.2) is 0 Å². The third kappa shape index (κ3) is 4.63. The fourth-order valence-corrected chi connectivity index (χ4v) is 6.46. The van der Waals surface area contributed by atoms with Gasteiger partial charge in [-0.3, -0.25) is 24.6 Å². The Hall–Kier alpha value is -4.24. The molecule has 2 aromatic carbocycles. The summed E-state index contributed by atoms with van der Waals surface area (Å²) in [5, 5.41) is 12.3. The molecule has 3 aliphatic rings. The smallest absolute Gasteiger partial charge is 0.331 e. The number of fused-ring (bicyclic) bond motifs is 4. The zero-order valence-electron chi connectivity index (χ0n) is 21.5. The van der Waals surface area contributed by atoms with E-state index in [1.807, 2.05) is 41.0 Å². The molecule has 3 aliphatic heterocycles. The van der Waals surface area contributed by atoms with E-state index < -0.39 is 23.3 Å². The molecule has 2 N–H and O–H groups in total. The molecule has 9 nitrogen and oxygen atoms in total. The van der Waals surface area contributed by atoms with Crippen molar-refractivity contribution in [3.8, 4) is 5.75 Å². The molecule has 1 aromatic heterocycles. The van der Waals surface area contributed by atoms with Crippen LogP contribution in [0.5, 0.6) is 5.75 Å². The molecule has 39 heavy (non-hydrogen) atoms. The predicted octanol–water partition coefficient (Wildman–Crippen LogP) is 2.48. The van der Waals surface area contributed by atoms with E-state index in [0.717, 1.165) is 22.6 Å². The third-order valence-corrected chi connectivity index (χ3v) is 8.23. The van der Waals surface area contributed by atoms with Gasteiger partial charge in [-0.1, -0.05) is 48.5 Å². The van der Waals surface area contributed by atoms with Crippen LogP contribution in [0.15, 0.2) is 77.6 Å².